The third-order valence-electron chi connectivity index (χ3n) is 10.4. The van der Waals surface area contributed by atoms with Crippen LogP contribution in [0.25, 0.3) is 0 Å². The highest BCUT2D eigenvalue weighted by Gasteiger charge is 2.45. The van der Waals surface area contributed by atoms with Gasteiger partial charge >= 0.3 is 0 Å². The first-order chi connectivity index (χ1) is 23.4. The Morgan fingerprint density at radius 1 is 0.735 bits per heavy atom. The van der Waals surface area contributed by atoms with E-state index >= 15 is 0 Å². The molecule has 0 spiro atoms. The molecule has 0 bridgehead atoms. The maximum atomic E-state index is 12.9. The smallest absolute Gasteiger partial charge is 0.248 e. The van der Waals surface area contributed by atoms with Gasteiger partial charge in [0.25, 0.3) is 0 Å². The number of piperidine rings is 1. The van der Waals surface area contributed by atoms with Crippen LogP contribution >= 0.6 is 0 Å². The Bertz CT molecular complexity index is 1240. The largest absolute Gasteiger partial charge is 0.493 e. The van der Waals surface area contributed by atoms with Gasteiger partial charge in [-0.25, -0.2) is 0 Å². The highest BCUT2D eigenvalue weighted by atomic mass is 16.3. The van der Waals surface area contributed by atoms with E-state index in [1.165, 1.54) is 95.1 Å². The first kappa shape index (κ1) is 40.4. The van der Waals surface area contributed by atoms with Crippen molar-refractivity contribution >= 4 is 11.8 Å². The summed E-state index contributed by atoms with van der Waals surface area (Å²) in [7, 11) is 0. The Morgan fingerprint density at radius 2 is 1.22 bits per heavy atom. The topological polar surface area (TPSA) is 107 Å². The predicted octanol–water partition coefficient (Wildman–Crippen LogP) is 9.50. The summed E-state index contributed by atoms with van der Waals surface area (Å²) in [4.78, 5) is 28.2. The van der Waals surface area contributed by atoms with Crippen LogP contribution in [0, 0.1) is 0 Å². The van der Waals surface area contributed by atoms with Gasteiger partial charge in [-0.3, -0.25) is 19.9 Å². The number of hydrogen-bond donors (Lipinski definition) is 4. The molecule has 1 fully saturated rings. The Kier molecular flexibility index (Phi) is 17.0. The van der Waals surface area contributed by atoms with Crippen LogP contribution in [0.2, 0.25) is 0 Å². The van der Waals surface area contributed by atoms with Crippen LogP contribution in [0.4, 0.5) is 0 Å². The second kappa shape index (κ2) is 20.6. The fourth-order valence-corrected chi connectivity index (χ4v) is 7.90. The predicted molar refractivity (Wildman–Crippen MR) is 201 cm³/mol. The lowest BCUT2D eigenvalue weighted by atomic mass is 9.76. The van der Waals surface area contributed by atoms with Gasteiger partial charge in [0.2, 0.25) is 23.6 Å². The molecule has 3 rings (SSSR count). The fourth-order valence-electron chi connectivity index (χ4n) is 7.90. The van der Waals surface area contributed by atoms with Gasteiger partial charge in [-0.1, -0.05) is 134 Å². The van der Waals surface area contributed by atoms with Crippen molar-refractivity contribution < 1.29 is 19.8 Å². The molecule has 1 aliphatic heterocycles. The zero-order valence-corrected chi connectivity index (χ0v) is 31.5. The average Bonchev–Trinajstić information content (AvgIpc) is 3.30. The molecule has 276 valence electrons. The molecule has 0 unspecified atom stereocenters. The summed E-state index contributed by atoms with van der Waals surface area (Å²) in [6.45, 7) is 11.9. The summed E-state index contributed by atoms with van der Waals surface area (Å²) in [5.41, 5.74) is 4.03. The molecule has 8 heteroatoms. The summed E-state index contributed by atoms with van der Waals surface area (Å²) in [6, 6.07) is 11.9. The van der Waals surface area contributed by atoms with Gasteiger partial charge in [0, 0.05) is 35.3 Å². The second-order valence-corrected chi connectivity index (χ2v) is 15.8. The molecule has 4 N–H and O–H groups in total. The normalized spacial score (nSPS) is 16.1. The summed E-state index contributed by atoms with van der Waals surface area (Å²) in [5, 5.41) is 24.2. The van der Waals surface area contributed by atoms with E-state index in [1.807, 2.05) is 6.07 Å². The molecule has 0 atom stereocenters. The van der Waals surface area contributed by atoms with Gasteiger partial charge in [-0.15, -0.1) is 0 Å². The zero-order valence-electron chi connectivity index (χ0n) is 31.5. The Labute approximate surface area is 297 Å². The monoisotopic (exact) mass is 681 g/mol. The van der Waals surface area contributed by atoms with Crippen molar-refractivity contribution in [1.82, 2.24) is 14.9 Å². The molecular formula is C41H68N4O4. The summed E-state index contributed by atoms with van der Waals surface area (Å²) < 4.78 is 0.978. The number of aryl methyl sites for hydroxylation is 1. The number of hydrogen-bond acceptors (Lipinski definition) is 5. The van der Waals surface area contributed by atoms with Crippen LogP contribution in [0.15, 0.2) is 36.4 Å². The molecule has 2 aromatic rings. The zero-order chi connectivity index (χ0) is 35.7. The van der Waals surface area contributed by atoms with Crippen molar-refractivity contribution in [2.75, 3.05) is 5.43 Å². The lowest BCUT2D eigenvalue weighted by Gasteiger charge is -2.55. The second-order valence-electron chi connectivity index (χ2n) is 15.8. The Hall–Kier alpha value is -3.00. The molecule has 0 aliphatic carbocycles. The highest BCUT2D eigenvalue weighted by molar-refractivity contribution is 6.00. The van der Waals surface area contributed by atoms with Crippen LogP contribution in [0.5, 0.6) is 11.8 Å². The molecule has 1 aromatic heterocycles. The van der Waals surface area contributed by atoms with E-state index in [9.17, 15) is 19.8 Å². The Morgan fingerprint density at radius 3 is 1.73 bits per heavy atom. The van der Waals surface area contributed by atoms with E-state index in [1.54, 1.807) is 0 Å². The third-order valence-corrected chi connectivity index (χ3v) is 10.4. The van der Waals surface area contributed by atoms with Gasteiger partial charge in [-0.05, 0) is 58.9 Å². The van der Waals surface area contributed by atoms with Crippen LogP contribution in [-0.2, 0) is 22.6 Å². The minimum atomic E-state index is -0.590. The summed E-state index contributed by atoms with van der Waals surface area (Å²) in [6.07, 6.45) is 22.5. The number of aromatic nitrogens is 1. The van der Waals surface area contributed by atoms with E-state index in [4.69, 9.17) is 0 Å². The number of aromatic hydroxyl groups is 2. The van der Waals surface area contributed by atoms with E-state index in [2.05, 4.69) is 74.5 Å². The van der Waals surface area contributed by atoms with Gasteiger partial charge in [-0.2, -0.15) is 4.68 Å². The first-order valence-electron chi connectivity index (χ1n) is 19.5. The SMILES string of the molecule is CCCCCCCCCCCCCCCCCCc1cc(O)n(NC(=O)CC(=O)NC2CC(C)(C)N(Cc3ccccc3)C(C)(C)C2)c1O. The van der Waals surface area contributed by atoms with Crippen molar-refractivity contribution in [1.29, 1.82) is 0 Å². The number of benzene rings is 1. The van der Waals surface area contributed by atoms with Gasteiger partial charge in [0.15, 0.2) is 0 Å². The number of nitrogens with one attached hydrogen (secondary N) is 2. The van der Waals surface area contributed by atoms with Crippen molar-refractivity contribution in [2.45, 2.75) is 187 Å². The van der Waals surface area contributed by atoms with Crippen molar-refractivity contribution in [3.8, 4) is 11.8 Å². The van der Waals surface area contributed by atoms with Crippen molar-refractivity contribution in [3.05, 3.63) is 47.5 Å². The summed E-state index contributed by atoms with van der Waals surface area (Å²) >= 11 is 0. The maximum absolute atomic E-state index is 12.9. The van der Waals surface area contributed by atoms with Crippen molar-refractivity contribution in [3.63, 3.8) is 0 Å². The van der Waals surface area contributed by atoms with E-state index in [0.717, 1.165) is 43.3 Å². The van der Waals surface area contributed by atoms with Crippen LogP contribution < -0.4 is 10.7 Å². The van der Waals surface area contributed by atoms with E-state index in [0.29, 0.717) is 12.0 Å². The minimum absolute atomic E-state index is 0.0722. The number of carbonyl (C=O) groups excluding carboxylic acids is 2. The number of rotatable bonds is 23. The van der Waals surface area contributed by atoms with Crippen LogP contribution in [0.3, 0.4) is 0 Å². The molecule has 1 saturated heterocycles. The Balaban J connectivity index is 1.31. The summed E-state index contributed by atoms with van der Waals surface area (Å²) in [5.74, 6) is -1.38. The van der Waals surface area contributed by atoms with Gasteiger partial charge in [0.1, 0.15) is 6.42 Å². The number of carbonyl (C=O) groups is 2. The standard InChI is InChI=1S/C41H68N4O4/c1-6-7-8-9-10-11-12-13-14-15-16-17-18-19-20-24-27-34-28-38(48)45(39(34)49)43-37(47)29-36(46)42-35-30-40(2,3)44(41(4,5)31-35)32-33-25-22-21-23-26-33/h21-23,25-26,28,35,48-49H,6-20,24,27,29-32H2,1-5H3,(H,42,46)(H,43,47). The minimum Gasteiger partial charge on any atom is -0.493 e. The third kappa shape index (κ3) is 14.0. The van der Waals surface area contributed by atoms with Crippen molar-refractivity contribution in [2.24, 2.45) is 0 Å². The molecule has 8 nitrogen and oxygen atoms in total. The first-order valence-corrected chi connectivity index (χ1v) is 19.5. The lowest BCUT2D eigenvalue weighted by Crippen LogP contribution is -2.63. The molecule has 1 aromatic carbocycles. The van der Waals surface area contributed by atoms with Crippen LogP contribution in [-0.4, -0.2) is 48.7 Å². The quantitative estimate of drug-likeness (QED) is 0.0691. The average molecular weight is 681 g/mol. The van der Waals surface area contributed by atoms with Crippen LogP contribution in [0.1, 0.15) is 168 Å². The number of nitrogens with zero attached hydrogens (tertiary/aromatic N) is 2. The number of likely N-dealkylation sites (tertiary alicyclic amines) is 1. The molecule has 2 heterocycles. The maximum Gasteiger partial charge on any atom is 0.248 e. The number of amides is 2. The van der Waals surface area contributed by atoms with Gasteiger partial charge in [0.05, 0.1) is 0 Å². The molecule has 0 saturated carbocycles. The molecular weight excluding hydrogens is 612 g/mol. The van der Waals surface area contributed by atoms with E-state index in [-0.39, 0.29) is 34.8 Å². The molecule has 2 amide bonds. The highest BCUT2D eigenvalue weighted by Crippen LogP contribution is 2.39. The lowest BCUT2D eigenvalue weighted by molar-refractivity contribution is -0.129. The molecule has 1 aliphatic rings. The molecule has 49 heavy (non-hydrogen) atoms. The van der Waals surface area contributed by atoms with Gasteiger partial charge < -0.3 is 15.5 Å². The number of unbranched alkanes of at least 4 members (excludes halogenated alkanes) is 15. The fraction of sp³-hybridized carbons (Fsp3) is 0.707. The van der Waals surface area contributed by atoms with E-state index < -0.39 is 12.3 Å². The molecule has 0 radical (unpaired) electrons.